The second kappa shape index (κ2) is 7.59. The van der Waals surface area contributed by atoms with E-state index in [9.17, 15) is 0 Å². The Morgan fingerprint density at radius 3 is 2.38 bits per heavy atom. The maximum Gasteiger partial charge on any atom is 0.165 e. The van der Waals surface area contributed by atoms with E-state index in [4.69, 9.17) is 9.72 Å². The van der Waals surface area contributed by atoms with Gasteiger partial charge < -0.3 is 10.1 Å². The van der Waals surface area contributed by atoms with Gasteiger partial charge in [0.25, 0.3) is 0 Å². The fraction of sp³-hybridized carbons (Fsp3) is 0.250. The number of fused-ring (bicyclic) bond motifs is 1. The molecule has 4 aromatic rings. The largest absolute Gasteiger partial charge is 0.494 e. The highest BCUT2D eigenvalue weighted by Gasteiger charge is 2.20. The van der Waals surface area contributed by atoms with Crippen molar-refractivity contribution in [2.45, 2.75) is 33.1 Å². The molecule has 0 aliphatic heterocycles. The van der Waals surface area contributed by atoms with Gasteiger partial charge in [0.1, 0.15) is 11.6 Å². The molecule has 2 heterocycles. The van der Waals surface area contributed by atoms with Crippen molar-refractivity contribution in [3.63, 3.8) is 0 Å². The van der Waals surface area contributed by atoms with Crippen LogP contribution < -0.4 is 10.1 Å². The highest BCUT2D eigenvalue weighted by atomic mass is 16.5. The SMILES string of the molecule is CCOc1ccc(Nc2cc(C(C)(C)C)nc3c(-c4ccccc4)cnn23)cc1. The maximum absolute atomic E-state index is 5.54. The van der Waals surface area contributed by atoms with Crippen LogP contribution in [-0.2, 0) is 5.41 Å². The van der Waals surface area contributed by atoms with Gasteiger partial charge in [-0.15, -0.1) is 0 Å². The molecule has 0 saturated carbocycles. The van der Waals surface area contributed by atoms with Crippen LogP contribution in [0.1, 0.15) is 33.4 Å². The summed E-state index contributed by atoms with van der Waals surface area (Å²) in [5.74, 6) is 1.74. The first-order chi connectivity index (χ1) is 14.0. The lowest BCUT2D eigenvalue weighted by molar-refractivity contribution is 0.340. The average molecular weight is 386 g/mol. The second-order valence-corrected chi connectivity index (χ2v) is 8.02. The molecule has 0 aliphatic carbocycles. The van der Waals surface area contributed by atoms with Gasteiger partial charge in [0.05, 0.1) is 18.5 Å². The standard InChI is InChI=1S/C24H26N4O/c1-5-29-19-13-11-18(12-14-19)26-22-15-21(24(2,3)4)27-23-20(16-25-28(22)23)17-9-7-6-8-10-17/h6-16,26H,5H2,1-4H3. The summed E-state index contributed by atoms with van der Waals surface area (Å²) in [7, 11) is 0. The van der Waals surface area contributed by atoms with Crippen molar-refractivity contribution in [3.05, 3.63) is 72.6 Å². The van der Waals surface area contributed by atoms with Gasteiger partial charge in [0, 0.05) is 22.7 Å². The zero-order valence-corrected chi connectivity index (χ0v) is 17.3. The Morgan fingerprint density at radius 1 is 1.00 bits per heavy atom. The van der Waals surface area contributed by atoms with Gasteiger partial charge in [-0.3, -0.25) is 0 Å². The molecule has 0 bridgehead atoms. The van der Waals surface area contributed by atoms with Crippen molar-refractivity contribution in [3.8, 4) is 16.9 Å². The fourth-order valence-electron chi connectivity index (χ4n) is 3.21. The molecule has 2 aromatic heterocycles. The summed E-state index contributed by atoms with van der Waals surface area (Å²) < 4.78 is 7.41. The first-order valence-electron chi connectivity index (χ1n) is 9.90. The van der Waals surface area contributed by atoms with E-state index in [2.05, 4.69) is 49.4 Å². The molecule has 0 radical (unpaired) electrons. The van der Waals surface area contributed by atoms with E-state index in [0.29, 0.717) is 6.61 Å². The molecule has 0 spiro atoms. The first-order valence-corrected chi connectivity index (χ1v) is 9.90. The quantitative estimate of drug-likeness (QED) is 0.468. The van der Waals surface area contributed by atoms with Crippen LogP contribution in [-0.4, -0.2) is 21.2 Å². The summed E-state index contributed by atoms with van der Waals surface area (Å²) >= 11 is 0. The van der Waals surface area contributed by atoms with E-state index in [-0.39, 0.29) is 5.41 Å². The molecule has 0 saturated heterocycles. The zero-order chi connectivity index (χ0) is 20.4. The molecular weight excluding hydrogens is 360 g/mol. The number of benzene rings is 2. The number of ether oxygens (including phenoxy) is 1. The molecule has 4 rings (SSSR count). The normalized spacial score (nSPS) is 11.6. The van der Waals surface area contributed by atoms with Crippen LogP contribution >= 0.6 is 0 Å². The molecule has 0 amide bonds. The predicted molar refractivity (Wildman–Crippen MR) is 118 cm³/mol. The van der Waals surface area contributed by atoms with Crippen LogP contribution in [0.25, 0.3) is 16.8 Å². The number of rotatable bonds is 5. The number of anilines is 2. The Balaban J connectivity index is 1.81. The van der Waals surface area contributed by atoms with Crippen LogP contribution in [0.3, 0.4) is 0 Å². The highest BCUT2D eigenvalue weighted by Crippen LogP contribution is 2.31. The molecule has 0 atom stereocenters. The molecule has 0 fully saturated rings. The van der Waals surface area contributed by atoms with Gasteiger partial charge in [-0.05, 0) is 36.8 Å². The van der Waals surface area contributed by atoms with Gasteiger partial charge in [-0.1, -0.05) is 51.1 Å². The van der Waals surface area contributed by atoms with E-state index in [1.165, 1.54) is 0 Å². The third-order valence-corrected chi connectivity index (χ3v) is 4.76. The summed E-state index contributed by atoms with van der Waals surface area (Å²) in [6, 6.07) is 20.3. The first kappa shape index (κ1) is 19.0. The fourth-order valence-corrected chi connectivity index (χ4v) is 3.21. The van der Waals surface area contributed by atoms with Crippen LogP contribution in [0.4, 0.5) is 11.5 Å². The third kappa shape index (κ3) is 3.94. The molecule has 0 unspecified atom stereocenters. The number of hydrogen-bond donors (Lipinski definition) is 1. The minimum atomic E-state index is -0.0881. The average Bonchev–Trinajstić information content (AvgIpc) is 3.14. The number of aromatic nitrogens is 3. The lowest BCUT2D eigenvalue weighted by atomic mass is 9.92. The summed E-state index contributed by atoms with van der Waals surface area (Å²) in [6.07, 6.45) is 1.88. The maximum atomic E-state index is 5.54. The Labute approximate surface area is 171 Å². The molecule has 29 heavy (non-hydrogen) atoms. The Bertz CT molecular complexity index is 1110. The molecule has 5 nitrogen and oxygen atoms in total. The lowest BCUT2D eigenvalue weighted by Gasteiger charge is -2.20. The van der Waals surface area contributed by atoms with Crippen LogP contribution in [0.5, 0.6) is 5.75 Å². The molecule has 5 heteroatoms. The third-order valence-electron chi connectivity index (χ3n) is 4.76. The van der Waals surface area contributed by atoms with Crippen molar-refractivity contribution in [1.29, 1.82) is 0 Å². The van der Waals surface area contributed by atoms with E-state index >= 15 is 0 Å². The van der Waals surface area contributed by atoms with Crippen LogP contribution in [0.15, 0.2) is 66.9 Å². The van der Waals surface area contributed by atoms with Gasteiger partial charge >= 0.3 is 0 Å². The lowest BCUT2D eigenvalue weighted by Crippen LogP contribution is -2.16. The Kier molecular flexibility index (Phi) is 4.97. The molecule has 148 valence electrons. The topological polar surface area (TPSA) is 51.5 Å². The Hall–Kier alpha value is -3.34. The van der Waals surface area contributed by atoms with Crippen LogP contribution in [0, 0.1) is 0 Å². The molecule has 0 aliphatic rings. The summed E-state index contributed by atoms with van der Waals surface area (Å²) in [5.41, 5.74) is 4.86. The van der Waals surface area contributed by atoms with E-state index in [1.807, 2.05) is 60.1 Å². The number of nitrogens with one attached hydrogen (secondary N) is 1. The van der Waals surface area contributed by atoms with Crippen molar-refractivity contribution in [1.82, 2.24) is 14.6 Å². The van der Waals surface area contributed by atoms with Gasteiger partial charge in [0.2, 0.25) is 0 Å². The highest BCUT2D eigenvalue weighted by molar-refractivity contribution is 5.78. The van der Waals surface area contributed by atoms with Crippen molar-refractivity contribution in [2.75, 3.05) is 11.9 Å². The molecular formula is C24H26N4O. The number of nitrogens with zero attached hydrogens (tertiary/aromatic N) is 3. The van der Waals surface area contributed by atoms with Gasteiger partial charge in [-0.2, -0.15) is 9.61 Å². The zero-order valence-electron chi connectivity index (χ0n) is 17.3. The minimum absolute atomic E-state index is 0.0881. The Morgan fingerprint density at radius 2 is 1.72 bits per heavy atom. The van der Waals surface area contributed by atoms with E-state index < -0.39 is 0 Å². The number of hydrogen-bond acceptors (Lipinski definition) is 4. The summed E-state index contributed by atoms with van der Waals surface area (Å²) in [6.45, 7) is 9.15. The second-order valence-electron chi connectivity index (χ2n) is 8.02. The van der Waals surface area contributed by atoms with Crippen LogP contribution in [0.2, 0.25) is 0 Å². The van der Waals surface area contributed by atoms with E-state index in [1.54, 1.807) is 0 Å². The summed E-state index contributed by atoms with van der Waals surface area (Å²) in [5, 5.41) is 8.13. The van der Waals surface area contributed by atoms with Crippen molar-refractivity contribution >= 4 is 17.2 Å². The minimum Gasteiger partial charge on any atom is -0.494 e. The van der Waals surface area contributed by atoms with Crippen molar-refractivity contribution in [2.24, 2.45) is 0 Å². The summed E-state index contributed by atoms with van der Waals surface area (Å²) in [4.78, 5) is 4.96. The smallest absolute Gasteiger partial charge is 0.165 e. The molecule has 2 aromatic carbocycles. The van der Waals surface area contributed by atoms with Crippen molar-refractivity contribution < 1.29 is 4.74 Å². The van der Waals surface area contributed by atoms with Gasteiger partial charge in [0.15, 0.2) is 5.65 Å². The molecule has 1 N–H and O–H groups in total. The predicted octanol–water partition coefficient (Wildman–Crippen LogP) is 5.84. The van der Waals surface area contributed by atoms with Gasteiger partial charge in [-0.25, -0.2) is 4.98 Å². The monoisotopic (exact) mass is 386 g/mol. The van der Waals surface area contributed by atoms with E-state index in [0.717, 1.165) is 39.7 Å².